The molecule has 25 heavy (non-hydrogen) atoms. The van der Waals surface area contributed by atoms with Crippen molar-refractivity contribution in [1.29, 1.82) is 0 Å². The Kier molecular flexibility index (Phi) is 6.68. The Morgan fingerprint density at radius 1 is 1.12 bits per heavy atom. The van der Waals surface area contributed by atoms with E-state index < -0.39 is 0 Å². The van der Waals surface area contributed by atoms with Gasteiger partial charge in [0.25, 0.3) is 0 Å². The summed E-state index contributed by atoms with van der Waals surface area (Å²) in [6.07, 6.45) is 2.51. The molecule has 1 aliphatic rings. The minimum absolute atomic E-state index is 0.326. The zero-order chi connectivity index (χ0) is 17.5. The van der Waals surface area contributed by atoms with E-state index in [4.69, 9.17) is 16.3 Å². The summed E-state index contributed by atoms with van der Waals surface area (Å²) in [5.74, 6) is 1.22. The first kappa shape index (κ1) is 18.2. The molecule has 1 aliphatic heterocycles. The molecule has 0 saturated carbocycles. The fourth-order valence-electron chi connectivity index (χ4n) is 3.01. The second kappa shape index (κ2) is 9.18. The van der Waals surface area contributed by atoms with Crippen LogP contribution in [-0.2, 0) is 13.2 Å². The van der Waals surface area contributed by atoms with Crippen LogP contribution in [0, 0.1) is 11.7 Å². The lowest BCUT2D eigenvalue weighted by Crippen LogP contribution is -2.33. The molecule has 0 atom stereocenters. The molecule has 3 nitrogen and oxygen atoms in total. The number of rotatable bonds is 7. The van der Waals surface area contributed by atoms with Gasteiger partial charge in [-0.3, -0.25) is 0 Å². The smallest absolute Gasteiger partial charge is 0.124 e. The molecule has 0 aliphatic carbocycles. The molecule has 134 valence electrons. The minimum atomic E-state index is -0.338. The van der Waals surface area contributed by atoms with Crippen LogP contribution < -0.4 is 15.4 Å². The van der Waals surface area contributed by atoms with Gasteiger partial charge in [-0.25, -0.2) is 4.39 Å². The maximum absolute atomic E-state index is 13.0. The van der Waals surface area contributed by atoms with Crippen LogP contribution in [0.25, 0.3) is 0 Å². The SMILES string of the molecule is Fc1ccc(COc2ccc(CNCC3CCNCC3)cc2)c(Cl)c1. The Morgan fingerprint density at radius 2 is 1.88 bits per heavy atom. The van der Waals surface area contributed by atoms with Crippen molar-refractivity contribution in [1.82, 2.24) is 10.6 Å². The highest BCUT2D eigenvalue weighted by Crippen LogP contribution is 2.20. The molecule has 1 saturated heterocycles. The lowest BCUT2D eigenvalue weighted by molar-refractivity contribution is 0.306. The first-order chi connectivity index (χ1) is 12.2. The minimum Gasteiger partial charge on any atom is -0.489 e. The van der Waals surface area contributed by atoms with Crippen molar-refractivity contribution in [3.63, 3.8) is 0 Å². The molecule has 0 aromatic heterocycles. The van der Waals surface area contributed by atoms with Crippen LogP contribution in [0.5, 0.6) is 5.75 Å². The van der Waals surface area contributed by atoms with Gasteiger partial charge in [0.2, 0.25) is 0 Å². The van der Waals surface area contributed by atoms with Gasteiger partial charge in [-0.15, -0.1) is 0 Å². The van der Waals surface area contributed by atoms with Crippen LogP contribution in [0.15, 0.2) is 42.5 Å². The summed E-state index contributed by atoms with van der Waals surface area (Å²) in [5, 5.41) is 7.32. The number of halogens is 2. The Morgan fingerprint density at radius 3 is 2.60 bits per heavy atom. The van der Waals surface area contributed by atoms with Crippen LogP contribution in [0.3, 0.4) is 0 Å². The van der Waals surface area contributed by atoms with E-state index in [1.54, 1.807) is 6.07 Å². The van der Waals surface area contributed by atoms with Crippen molar-refractivity contribution in [3.8, 4) is 5.75 Å². The third-order valence-electron chi connectivity index (χ3n) is 4.55. The topological polar surface area (TPSA) is 33.3 Å². The van der Waals surface area contributed by atoms with Crippen LogP contribution in [-0.4, -0.2) is 19.6 Å². The molecule has 0 unspecified atom stereocenters. The van der Waals surface area contributed by atoms with Crippen molar-refractivity contribution in [3.05, 3.63) is 64.4 Å². The summed E-state index contributed by atoms with van der Waals surface area (Å²) < 4.78 is 18.8. The molecule has 0 amide bonds. The lowest BCUT2D eigenvalue weighted by Gasteiger charge is -2.22. The second-order valence-corrected chi connectivity index (χ2v) is 6.90. The molecular formula is C20H24ClFN2O. The fraction of sp³-hybridized carbons (Fsp3) is 0.400. The standard InChI is InChI=1S/C20H24ClFN2O/c21-20-11-18(22)4-3-17(20)14-25-19-5-1-15(2-6-19)12-24-13-16-7-9-23-10-8-16/h1-6,11,16,23-24H,7-10,12-14H2. The van der Waals surface area contributed by atoms with Gasteiger partial charge in [0.15, 0.2) is 0 Å². The number of hydrogen-bond donors (Lipinski definition) is 2. The van der Waals surface area contributed by atoms with Crippen LogP contribution >= 0.6 is 11.6 Å². The molecular weight excluding hydrogens is 339 g/mol. The number of nitrogens with one attached hydrogen (secondary N) is 2. The molecule has 0 radical (unpaired) electrons. The first-order valence-corrected chi connectivity index (χ1v) is 9.15. The average Bonchev–Trinajstić information content (AvgIpc) is 2.63. The van der Waals surface area contributed by atoms with E-state index in [1.807, 2.05) is 12.1 Å². The van der Waals surface area contributed by atoms with Gasteiger partial charge in [-0.05, 0) is 68.2 Å². The highest BCUT2D eigenvalue weighted by atomic mass is 35.5. The Labute approximate surface area is 153 Å². The van der Waals surface area contributed by atoms with E-state index in [0.717, 1.165) is 43.4 Å². The molecule has 0 spiro atoms. The first-order valence-electron chi connectivity index (χ1n) is 8.78. The normalized spacial score (nSPS) is 15.3. The fourth-order valence-corrected chi connectivity index (χ4v) is 3.23. The Balaban J connectivity index is 1.43. The van der Waals surface area contributed by atoms with Gasteiger partial charge in [0.1, 0.15) is 18.2 Å². The Hall–Kier alpha value is -1.62. The van der Waals surface area contributed by atoms with Crippen molar-refractivity contribution < 1.29 is 9.13 Å². The van der Waals surface area contributed by atoms with Crippen LogP contribution in [0.4, 0.5) is 4.39 Å². The number of ether oxygens (including phenoxy) is 1. The van der Waals surface area contributed by atoms with E-state index in [-0.39, 0.29) is 5.82 Å². The second-order valence-electron chi connectivity index (χ2n) is 6.49. The molecule has 2 aromatic rings. The van der Waals surface area contributed by atoms with Crippen LogP contribution in [0.2, 0.25) is 5.02 Å². The Bertz CT molecular complexity index is 672. The summed E-state index contributed by atoms with van der Waals surface area (Å²) in [6.45, 7) is 4.54. The molecule has 3 rings (SSSR count). The summed E-state index contributed by atoms with van der Waals surface area (Å²) in [5.41, 5.74) is 2.01. The number of benzene rings is 2. The number of hydrogen-bond acceptors (Lipinski definition) is 3. The van der Waals surface area contributed by atoms with E-state index in [2.05, 4.69) is 22.8 Å². The van der Waals surface area contributed by atoms with E-state index >= 15 is 0 Å². The maximum atomic E-state index is 13.0. The quantitative estimate of drug-likeness (QED) is 0.776. The van der Waals surface area contributed by atoms with E-state index in [1.165, 1.54) is 30.5 Å². The van der Waals surface area contributed by atoms with E-state index in [9.17, 15) is 4.39 Å². The van der Waals surface area contributed by atoms with Crippen molar-refractivity contribution in [2.75, 3.05) is 19.6 Å². The van der Waals surface area contributed by atoms with Crippen molar-refractivity contribution in [2.24, 2.45) is 5.92 Å². The largest absolute Gasteiger partial charge is 0.489 e. The van der Waals surface area contributed by atoms with Gasteiger partial charge in [-0.2, -0.15) is 0 Å². The highest BCUT2D eigenvalue weighted by Gasteiger charge is 2.12. The molecule has 0 bridgehead atoms. The molecule has 2 aromatic carbocycles. The monoisotopic (exact) mass is 362 g/mol. The molecule has 2 N–H and O–H groups in total. The zero-order valence-corrected chi connectivity index (χ0v) is 15.0. The highest BCUT2D eigenvalue weighted by molar-refractivity contribution is 6.31. The van der Waals surface area contributed by atoms with Gasteiger partial charge in [-0.1, -0.05) is 29.8 Å². The van der Waals surface area contributed by atoms with E-state index in [0.29, 0.717) is 11.6 Å². The summed E-state index contributed by atoms with van der Waals surface area (Å²) in [4.78, 5) is 0. The molecule has 1 heterocycles. The van der Waals surface area contributed by atoms with Crippen molar-refractivity contribution in [2.45, 2.75) is 26.0 Å². The molecule has 1 fully saturated rings. The lowest BCUT2D eigenvalue weighted by atomic mass is 9.98. The molecule has 5 heteroatoms. The number of piperidine rings is 1. The summed E-state index contributed by atoms with van der Waals surface area (Å²) >= 11 is 6.01. The van der Waals surface area contributed by atoms with Gasteiger partial charge >= 0.3 is 0 Å². The van der Waals surface area contributed by atoms with Crippen molar-refractivity contribution >= 4 is 11.6 Å². The third kappa shape index (κ3) is 5.70. The predicted molar refractivity (Wildman–Crippen MR) is 99.5 cm³/mol. The maximum Gasteiger partial charge on any atom is 0.124 e. The summed E-state index contributed by atoms with van der Waals surface area (Å²) in [6, 6.07) is 12.4. The van der Waals surface area contributed by atoms with Gasteiger partial charge in [0, 0.05) is 12.1 Å². The third-order valence-corrected chi connectivity index (χ3v) is 4.91. The zero-order valence-electron chi connectivity index (χ0n) is 14.2. The average molecular weight is 363 g/mol. The predicted octanol–water partition coefficient (Wildman–Crippen LogP) is 4.15. The van der Waals surface area contributed by atoms with Gasteiger partial charge < -0.3 is 15.4 Å². The summed E-state index contributed by atoms with van der Waals surface area (Å²) in [7, 11) is 0. The van der Waals surface area contributed by atoms with Gasteiger partial charge in [0.05, 0.1) is 5.02 Å². The van der Waals surface area contributed by atoms with Crippen LogP contribution in [0.1, 0.15) is 24.0 Å².